The number of aliphatic hydroxyl groups is 1. The molecule has 0 amide bonds. The van der Waals surface area contributed by atoms with E-state index < -0.39 is 18.7 Å². The third-order valence-corrected chi connectivity index (χ3v) is 2.23. The fourth-order valence-electron chi connectivity index (χ4n) is 1.34. The first-order chi connectivity index (χ1) is 7.34. The molecule has 0 bridgehead atoms. The molecule has 0 heterocycles. The minimum atomic E-state index is -4.60. The molecule has 1 atom stereocenters. The Morgan fingerprint density at radius 1 is 1.38 bits per heavy atom. The molecule has 1 N–H and O–H groups in total. The number of methoxy groups -OCH3 is 1. The number of aryl methyl sites for hydroxylation is 1. The first-order valence-electron chi connectivity index (χ1n) is 4.73. The predicted octanol–water partition coefficient (Wildman–Crippen LogP) is 2.47. The highest BCUT2D eigenvalue weighted by atomic mass is 19.4. The highest BCUT2D eigenvalue weighted by molar-refractivity contribution is 5.37. The lowest BCUT2D eigenvalue weighted by molar-refractivity contribution is -0.203. The average molecular weight is 234 g/mol. The van der Waals surface area contributed by atoms with Crippen LogP contribution in [0.3, 0.4) is 0 Å². The molecule has 1 unspecified atom stereocenters. The van der Waals surface area contributed by atoms with E-state index in [1.54, 1.807) is 12.1 Å². The molecule has 2 nitrogen and oxygen atoms in total. The molecule has 0 aromatic heterocycles. The summed E-state index contributed by atoms with van der Waals surface area (Å²) in [5, 5.41) is 8.95. The minimum absolute atomic E-state index is 0.345. The van der Waals surface area contributed by atoms with E-state index in [4.69, 9.17) is 9.84 Å². The molecule has 0 aliphatic heterocycles. The van der Waals surface area contributed by atoms with E-state index in [1.165, 1.54) is 13.2 Å². The van der Waals surface area contributed by atoms with Crippen molar-refractivity contribution in [3.8, 4) is 5.75 Å². The number of ether oxygens (including phenoxy) is 1. The van der Waals surface area contributed by atoms with Crippen LogP contribution in [0.2, 0.25) is 0 Å². The molecule has 0 fully saturated rings. The second-order valence-corrected chi connectivity index (χ2v) is 3.58. The van der Waals surface area contributed by atoms with E-state index in [9.17, 15) is 13.2 Å². The average Bonchev–Trinajstić information content (AvgIpc) is 2.19. The van der Waals surface area contributed by atoms with Gasteiger partial charge < -0.3 is 9.84 Å². The van der Waals surface area contributed by atoms with Crippen molar-refractivity contribution in [1.29, 1.82) is 0 Å². The van der Waals surface area contributed by atoms with Crippen LogP contribution in [0.1, 0.15) is 11.1 Å². The van der Waals surface area contributed by atoms with Gasteiger partial charge in [-0.05, 0) is 24.1 Å². The van der Waals surface area contributed by atoms with Crippen LogP contribution >= 0.6 is 0 Å². The Balaban J connectivity index is 2.89. The number of aliphatic hydroxyl groups excluding tert-OH is 1. The van der Waals surface area contributed by atoms with Gasteiger partial charge in [-0.25, -0.2) is 0 Å². The van der Waals surface area contributed by atoms with Gasteiger partial charge in [-0.15, -0.1) is 0 Å². The molecule has 16 heavy (non-hydrogen) atoms. The number of halogens is 3. The van der Waals surface area contributed by atoms with Crippen LogP contribution in [0.25, 0.3) is 0 Å². The molecule has 0 radical (unpaired) electrons. The zero-order chi connectivity index (χ0) is 12.3. The first kappa shape index (κ1) is 12.8. The summed E-state index contributed by atoms with van der Waals surface area (Å²) < 4.78 is 41.4. The van der Waals surface area contributed by atoms with E-state index >= 15 is 0 Å². The Labute approximate surface area is 91.7 Å². The van der Waals surface area contributed by atoms with Gasteiger partial charge in [-0.2, -0.15) is 13.2 Å². The quantitative estimate of drug-likeness (QED) is 0.870. The maximum atomic E-state index is 12.2. The summed E-state index contributed by atoms with van der Waals surface area (Å²) in [5.74, 6) is 0.364. The van der Waals surface area contributed by atoms with Crippen molar-refractivity contribution < 1.29 is 23.0 Å². The number of benzene rings is 1. The molecule has 1 aromatic carbocycles. The first-order valence-corrected chi connectivity index (χ1v) is 4.73. The molecular formula is C11H13F3O2. The molecule has 0 aliphatic carbocycles. The number of hydrogen-bond acceptors (Lipinski definition) is 2. The SMILES string of the molecule is COc1cc(C)ccc1CC(O)C(F)(F)F. The summed E-state index contributed by atoms with van der Waals surface area (Å²) in [4.78, 5) is 0. The van der Waals surface area contributed by atoms with Gasteiger partial charge in [0, 0.05) is 6.42 Å². The molecule has 90 valence electrons. The van der Waals surface area contributed by atoms with E-state index in [1.807, 2.05) is 6.92 Å². The van der Waals surface area contributed by atoms with E-state index in [0.29, 0.717) is 11.3 Å². The van der Waals surface area contributed by atoms with Gasteiger partial charge in [0.15, 0.2) is 6.10 Å². The summed E-state index contributed by atoms with van der Waals surface area (Å²) in [6, 6.07) is 4.85. The maximum Gasteiger partial charge on any atom is 0.414 e. The molecule has 0 spiro atoms. The molecule has 1 aromatic rings. The number of rotatable bonds is 3. The Hall–Kier alpha value is -1.23. The normalized spacial score (nSPS) is 13.6. The van der Waals surface area contributed by atoms with Crippen molar-refractivity contribution in [2.75, 3.05) is 7.11 Å². The summed E-state index contributed by atoms with van der Waals surface area (Å²) in [5.41, 5.74) is 1.24. The van der Waals surface area contributed by atoms with Gasteiger partial charge in [0.1, 0.15) is 5.75 Å². The predicted molar refractivity (Wildman–Crippen MR) is 53.5 cm³/mol. The van der Waals surface area contributed by atoms with Crippen LogP contribution in [-0.2, 0) is 6.42 Å². The van der Waals surface area contributed by atoms with Gasteiger partial charge in [0.2, 0.25) is 0 Å². The number of hydrogen-bond donors (Lipinski definition) is 1. The lowest BCUT2D eigenvalue weighted by atomic mass is 10.0. The number of alkyl halides is 3. The highest BCUT2D eigenvalue weighted by Crippen LogP contribution is 2.27. The van der Waals surface area contributed by atoms with Crippen molar-refractivity contribution in [3.05, 3.63) is 29.3 Å². The molecule has 0 saturated heterocycles. The summed E-state index contributed by atoms with van der Waals surface area (Å²) in [6.07, 6.45) is -7.45. The Kier molecular flexibility index (Phi) is 3.80. The van der Waals surface area contributed by atoms with Crippen LogP contribution in [0.15, 0.2) is 18.2 Å². The van der Waals surface area contributed by atoms with Gasteiger partial charge in [0.05, 0.1) is 7.11 Å². The van der Waals surface area contributed by atoms with E-state index in [0.717, 1.165) is 5.56 Å². The Morgan fingerprint density at radius 3 is 2.50 bits per heavy atom. The lowest BCUT2D eigenvalue weighted by Gasteiger charge is -2.16. The van der Waals surface area contributed by atoms with Crippen molar-refractivity contribution in [1.82, 2.24) is 0 Å². The van der Waals surface area contributed by atoms with E-state index in [-0.39, 0.29) is 0 Å². The molecule has 0 saturated carbocycles. The van der Waals surface area contributed by atoms with Gasteiger partial charge in [0.25, 0.3) is 0 Å². The molecule has 5 heteroatoms. The fraction of sp³-hybridized carbons (Fsp3) is 0.455. The van der Waals surface area contributed by atoms with Gasteiger partial charge in [-0.3, -0.25) is 0 Å². The van der Waals surface area contributed by atoms with Gasteiger partial charge in [-0.1, -0.05) is 12.1 Å². The summed E-state index contributed by atoms with van der Waals surface area (Å²) >= 11 is 0. The zero-order valence-corrected chi connectivity index (χ0v) is 9.01. The monoisotopic (exact) mass is 234 g/mol. The largest absolute Gasteiger partial charge is 0.496 e. The molecule has 0 aliphatic rings. The van der Waals surface area contributed by atoms with Crippen molar-refractivity contribution >= 4 is 0 Å². The van der Waals surface area contributed by atoms with Crippen molar-refractivity contribution in [2.45, 2.75) is 25.6 Å². The van der Waals surface area contributed by atoms with Crippen LogP contribution in [0.4, 0.5) is 13.2 Å². The van der Waals surface area contributed by atoms with Crippen LogP contribution in [0, 0.1) is 6.92 Å². The Bertz CT molecular complexity index is 361. The van der Waals surface area contributed by atoms with Crippen molar-refractivity contribution in [2.24, 2.45) is 0 Å². The smallest absolute Gasteiger partial charge is 0.414 e. The summed E-state index contributed by atoms with van der Waals surface area (Å²) in [6.45, 7) is 1.81. The summed E-state index contributed by atoms with van der Waals surface area (Å²) in [7, 11) is 1.39. The third kappa shape index (κ3) is 3.13. The zero-order valence-electron chi connectivity index (χ0n) is 9.01. The van der Waals surface area contributed by atoms with Crippen LogP contribution in [-0.4, -0.2) is 24.5 Å². The van der Waals surface area contributed by atoms with Gasteiger partial charge >= 0.3 is 6.18 Å². The van der Waals surface area contributed by atoms with E-state index in [2.05, 4.69) is 0 Å². The Morgan fingerprint density at radius 2 is 2.00 bits per heavy atom. The van der Waals surface area contributed by atoms with Crippen LogP contribution < -0.4 is 4.74 Å². The molecule has 1 rings (SSSR count). The fourth-order valence-corrected chi connectivity index (χ4v) is 1.34. The standard InChI is InChI=1S/C11H13F3O2/c1-7-3-4-8(9(5-7)16-2)6-10(15)11(12,13)14/h3-5,10,15H,6H2,1-2H3. The maximum absolute atomic E-state index is 12.2. The highest BCUT2D eigenvalue weighted by Gasteiger charge is 2.38. The molecular weight excluding hydrogens is 221 g/mol. The minimum Gasteiger partial charge on any atom is -0.496 e. The second kappa shape index (κ2) is 4.74. The van der Waals surface area contributed by atoms with Crippen molar-refractivity contribution in [3.63, 3.8) is 0 Å². The second-order valence-electron chi connectivity index (χ2n) is 3.58. The third-order valence-electron chi connectivity index (χ3n) is 2.23. The lowest BCUT2D eigenvalue weighted by Crippen LogP contribution is -2.30. The topological polar surface area (TPSA) is 29.5 Å². The van der Waals surface area contributed by atoms with Crippen LogP contribution in [0.5, 0.6) is 5.75 Å².